The SMILES string of the molecule is CCOc1cc(C(=O)N(C)C(CC)CSC)ccc1OCC(=O)O. The summed E-state index contributed by atoms with van der Waals surface area (Å²) in [5.74, 6) is 0.393. The zero-order valence-corrected chi connectivity index (χ0v) is 15.4. The first kappa shape index (κ1) is 20.2. The van der Waals surface area contributed by atoms with Gasteiger partial charge in [-0.25, -0.2) is 4.79 Å². The molecule has 0 bridgehead atoms. The van der Waals surface area contributed by atoms with E-state index in [4.69, 9.17) is 14.6 Å². The molecule has 0 spiro atoms. The monoisotopic (exact) mass is 355 g/mol. The molecular weight excluding hydrogens is 330 g/mol. The lowest BCUT2D eigenvalue weighted by Crippen LogP contribution is -2.38. The van der Waals surface area contributed by atoms with Gasteiger partial charge in [-0.2, -0.15) is 11.8 Å². The molecule has 0 radical (unpaired) electrons. The van der Waals surface area contributed by atoms with E-state index in [1.807, 2.05) is 13.2 Å². The van der Waals surface area contributed by atoms with Crippen molar-refractivity contribution in [2.45, 2.75) is 26.3 Å². The second-order valence-electron chi connectivity index (χ2n) is 5.21. The number of thioether (sulfide) groups is 1. The maximum Gasteiger partial charge on any atom is 0.341 e. The number of benzene rings is 1. The minimum Gasteiger partial charge on any atom is -0.490 e. The Hall–Kier alpha value is -1.89. The molecule has 0 heterocycles. The van der Waals surface area contributed by atoms with Crippen LogP contribution in [0.4, 0.5) is 0 Å². The highest BCUT2D eigenvalue weighted by Gasteiger charge is 2.21. The van der Waals surface area contributed by atoms with E-state index in [1.165, 1.54) is 0 Å². The van der Waals surface area contributed by atoms with Crippen LogP contribution >= 0.6 is 11.8 Å². The second-order valence-corrected chi connectivity index (χ2v) is 6.12. The van der Waals surface area contributed by atoms with Gasteiger partial charge < -0.3 is 19.5 Å². The number of nitrogens with zero attached hydrogens (tertiary/aromatic N) is 1. The van der Waals surface area contributed by atoms with E-state index in [-0.39, 0.29) is 11.9 Å². The summed E-state index contributed by atoms with van der Waals surface area (Å²) in [6, 6.07) is 4.96. The number of amides is 1. The summed E-state index contributed by atoms with van der Waals surface area (Å²) in [6.07, 6.45) is 2.89. The van der Waals surface area contributed by atoms with Gasteiger partial charge in [0.1, 0.15) is 0 Å². The molecule has 1 unspecified atom stereocenters. The smallest absolute Gasteiger partial charge is 0.341 e. The molecule has 1 amide bonds. The molecule has 6 nitrogen and oxygen atoms in total. The third-order valence-corrected chi connectivity index (χ3v) is 4.26. The molecule has 134 valence electrons. The van der Waals surface area contributed by atoms with Crippen LogP contribution in [-0.4, -0.2) is 60.2 Å². The van der Waals surface area contributed by atoms with E-state index in [9.17, 15) is 9.59 Å². The van der Waals surface area contributed by atoms with Crippen molar-refractivity contribution in [1.29, 1.82) is 0 Å². The van der Waals surface area contributed by atoms with Crippen LogP contribution in [0.25, 0.3) is 0 Å². The van der Waals surface area contributed by atoms with Gasteiger partial charge in [0.25, 0.3) is 5.91 Å². The van der Waals surface area contributed by atoms with E-state index in [0.29, 0.717) is 23.7 Å². The summed E-state index contributed by atoms with van der Waals surface area (Å²) in [4.78, 5) is 25.1. The van der Waals surface area contributed by atoms with Crippen molar-refractivity contribution in [3.63, 3.8) is 0 Å². The Labute approximate surface area is 147 Å². The highest BCUT2D eigenvalue weighted by Crippen LogP contribution is 2.29. The lowest BCUT2D eigenvalue weighted by Gasteiger charge is -2.27. The number of carboxylic acids is 1. The molecule has 1 aromatic carbocycles. The summed E-state index contributed by atoms with van der Waals surface area (Å²) in [5.41, 5.74) is 0.489. The van der Waals surface area contributed by atoms with E-state index < -0.39 is 12.6 Å². The number of carbonyl (C=O) groups is 2. The number of carboxylic acid groups (broad SMARTS) is 1. The van der Waals surface area contributed by atoms with E-state index in [0.717, 1.165) is 12.2 Å². The highest BCUT2D eigenvalue weighted by atomic mass is 32.2. The molecule has 1 aromatic rings. The van der Waals surface area contributed by atoms with Crippen molar-refractivity contribution >= 4 is 23.6 Å². The predicted octanol–water partition coefficient (Wildman–Crippen LogP) is 2.76. The lowest BCUT2D eigenvalue weighted by atomic mass is 10.1. The number of carbonyl (C=O) groups excluding carboxylic acids is 1. The van der Waals surface area contributed by atoms with Gasteiger partial charge in [-0.05, 0) is 37.8 Å². The summed E-state index contributed by atoms with van der Waals surface area (Å²) in [6.45, 7) is 3.80. The minimum absolute atomic E-state index is 0.0957. The molecule has 0 saturated carbocycles. The fourth-order valence-corrected chi connectivity index (χ4v) is 3.08. The Morgan fingerprint density at radius 2 is 1.96 bits per heavy atom. The average molecular weight is 355 g/mol. The highest BCUT2D eigenvalue weighted by molar-refractivity contribution is 7.98. The lowest BCUT2D eigenvalue weighted by molar-refractivity contribution is -0.139. The molecule has 0 aliphatic carbocycles. The number of ether oxygens (including phenoxy) is 2. The maximum absolute atomic E-state index is 12.7. The molecular formula is C17H25NO5S. The van der Waals surface area contributed by atoms with Gasteiger partial charge in [0.15, 0.2) is 18.1 Å². The number of aliphatic carboxylic acids is 1. The van der Waals surface area contributed by atoms with Gasteiger partial charge in [-0.1, -0.05) is 6.92 Å². The van der Waals surface area contributed by atoms with Crippen molar-refractivity contribution in [3.05, 3.63) is 23.8 Å². The van der Waals surface area contributed by atoms with Crippen LogP contribution in [0, 0.1) is 0 Å². The van der Waals surface area contributed by atoms with Gasteiger partial charge in [-0.15, -0.1) is 0 Å². The summed E-state index contributed by atoms with van der Waals surface area (Å²) >= 11 is 1.70. The standard InChI is InChI=1S/C17H25NO5S/c1-5-13(11-24-4)18(3)17(21)12-7-8-14(23-10-16(19)20)15(9-12)22-6-2/h7-9,13H,5-6,10-11H2,1-4H3,(H,19,20). The molecule has 24 heavy (non-hydrogen) atoms. The molecule has 0 saturated heterocycles. The fraction of sp³-hybridized carbons (Fsp3) is 0.529. The van der Waals surface area contributed by atoms with Crippen LogP contribution in [0.1, 0.15) is 30.6 Å². The van der Waals surface area contributed by atoms with Crippen LogP contribution in [-0.2, 0) is 4.79 Å². The molecule has 0 aromatic heterocycles. The Bertz CT molecular complexity index is 564. The van der Waals surface area contributed by atoms with Crippen LogP contribution in [0.5, 0.6) is 11.5 Å². The van der Waals surface area contributed by atoms with Crippen molar-refractivity contribution < 1.29 is 24.2 Å². The summed E-state index contributed by atoms with van der Waals surface area (Å²) in [7, 11) is 1.79. The average Bonchev–Trinajstić information content (AvgIpc) is 2.57. The molecule has 0 aliphatic rings. The number of hydrogen-bond acceptors (Lipinski definition) is 5. The van der Waals surface area contributed by atoms with Gasteiger partial charge in [0.2, 0.25) is 0 Å². The van der Waals surface area contributed by atoms with Gasteiger partial charge >= 0.3 is 5.97 Å². The first-order valence-electron chi connectivity index (χ1n) is 7.82. The molecule has 1 atom stereocenters. The zero-order valence-electron chi connectivity index (χ0n) is 14.6. The van der Waals surface area contributed by atoms with Crippen molar-refractivity contribution in [2.24, 2.45) is 0 Å². The molecule has 0 aliphatic heterocycles. The molecule has 7 heteroatoms. The van der Waals surface area contributed by atoms with Crippen molar-refractivity contribution in [3.8, 4) is 11.5 Å². The topological polar surface area (TPSA) is 76.1 Å². The van der Waals surface area contributed by atoms with E-state index >= 15 is 0 Å². The maximum atomic E-state index is 12.7. The van der Waals surface area contributed by atoms with E-state index in [2.05, 4.69) is 6.92 Å². The van der Waals surface area contributed by atoms with Crippen LogP contribution < -0.4 is 9.47 Å². The predicted molar refractivity (Wildman–Crippen MR) is 95.3 cm³/mol. The summed E-state index contributed by atoms with van der Waals surface area (Å²) in [5, 5.41) is 8.72. The minimum atomic E-state index is -1.07. The number of hydrogen-bond donors (Lipinski definition) is 1. The largest absolute Gasteiger partial charge is 0.490 e. The normalized spacial score (nSPS) is 11.7. The van der Waals surface area contributed by atoms with Crippen molar-refractivity contribution in [1.82, 2.24) is 4.90 Å². The zero-order chi connectivity index (χ0) is 18.1. The Morgan fingerprint density at radius 3 is 2.50 bits per heavy atom. The van der Waals surface area contributed by atoms with Crippen LogP contribution in [0.2, 0.25) is 0 Å². The third kappa shape index (κ3) is 5.63. The molecule has 1 rings (SSSR count). The Balaban J connectivity index is 3.00. The van der Waals surface area contributed by atoms with Crippen LogP contribution in [0.15, 0.2) is 18.2 Å². The van der Waals surface area contributed by atoms with Gasteiger partial charge in [-0.3, -0.25) is 4.79 Å². The van der Waals surface area contributed by atoms with Crippen molar-refractivity contribution in [2.75, 3.05) is 32.3 Å². The van der Waals surface area contributed by atoms with E-state index in [1.54, 1.807) is 41.9 Å². The first-order chi connectivity index (χ1) is 11.4. The molecule has 1 N–H and O–H groups in total. The molecule has 0 fully saturated rings. The second kappa shape index (κ2) is 10.1. The first-order valence-corrected chi connectivity index (χ1v) is 9.21. The summed E-state index contributed by atoms with van der Waals surface area (Å²) < 4.78 is 10.7. The third-order valence-electron chi connectivity index (χ3n) is 3.54. The number of rotatable bonds is 10. The van der Waals surface area contributed by atoms with Crippen LogP contribution in [0.3, 0.4) is 0 Å². The van der Waals surface area contributed by atoms with Gasteiger partial charge in [0, 0.05) is 24.4 Å². The van der Waals surface area contributed by atoms with Gasteiger partial charge in [0.05, 0.1) is 6.61 Å². The Morgan fingerprint density at radius 1 is 1.25 bits per heavy atom. The fourth-order valence-electron chi connectivity index (χ4n) is 2.23. The Kier molecular flexibility index (Phi) is 8.46. The quantitative estimate of drug-likeness (QED) is 0.695.